The Balaban J connectivity index is 0.000000213. The number of nitrogens with zero attached hydrogens (tertiary/aromatic N) is 1. The van der Waals surface area contributed by atoms with E-state index in [1.54, 1.807) is 0 Å². The van der Waals surface area contributed by atoms with Crippen LogP contribution in [0.25, 0.3) is 0 Å². The summed E-state index contributed by atoms with van der Waals surface area (Å²) in [6.07, 6.45) is 4.33. The third kappa shape index (κ3) is 3.07. The molecule has 2 saturated heterocycles. The molecule has 2 rings (SSSR count). The predicted octanol–water partition coefficient (Wildman–Crippen LogP) is 0.897. The highest BCUT2D eigenvalue weighted by Gasteiger charge is 2.38. The van der Waals surface area contributed by atoms with Crippen LogP contribution in [0.2, 0.25) is 0 Å². The van der Waals surface area contributed by atoms with Crippen molar-refractivity contribution < 1.29 is 4.79 Å². The highest BCUT2D eigenvalue weighted by atomic mass is 16.1. The fourth-order valence-corrected chi connectivity index (χ4v) is 2.30. The third-order valence-corrected chi connectivity index (χ3v) is 3.13. The van der Waals surface area contributed by atoms with Crippen LogP contribution in [0.4, 0.5) is 0 Å². The normalized spacial score (nSPS) is 31.6. The standard InChI is InChI=1S/C8H16N2.C3H6O/c1-10-5-3-8(7-10)2-4-9-6-8;1-2-3-4/h9H,2-7H2,1H3;3H,2H2,1H3. The maximum atomic E-state index is 9.17. The van der Waals surface area contributed by atoms with Crippen molar-refractivity contribution in [1.82, 2.24) is 10.2 Å². The summed E-state index contributed by atoms with van der Waals surface area (Å²) in [5.41, 5.74) is 0.675. The van der Waals surface area contributed by atoms with Gasteiger partial charge in [-0.2, -0.15) is 0 Å². The Morgan fingerprint density at radius 3 is 2.57 bits per heavy atom. The Kier molecular flexibility index (Phi) is 4.55. The first-order valence-electron chi connectivity index (χ1n) is 5.55. The van der Waals surface area contributed by atoms with E-state index in [1.165, 1.54) is 39.0 Å². The van der Waals surface area contributed by atoms with Crippen molar-refractivity contribution in [2.75, 3.05) is 33.2 Å². The van der Waals surface area contributed by atoms with Crippen molar-refractivity contribution in [3.63, 3.8) is 0 Å². The summed E-state index contributed by atoms with van der Waals surface area (Å²) in [4.78, 5) is 11.6. The lowest BCUT2D eigenvalue weighted by Crippen LogP contribution is -2.27. The molecule has 1 spiro atoms. The molecule has 0 aromatic carbocycles. The minimum Gasteiger partial charge on any atom is -0.316 e. The van der Waals surface area contributed by atoms with Crippen molar-refractivity contribution in [2.45, 2.75) is 26.2 Å². The first kappa shape index (κ1) is 11.7. The van der Waals surface area contributed by atoms with Crippen molar-refractivity contribution in [2.24, 2.45) is 5.41 Å². The minimum absolute atomic E-state index is 0.639. The van der Waals surface area contributed by atoms with E-state index in [1.807, 2.05) is 6.92 Å². The number of likely N-dealkylation sites (tertiary alicyclic amines) is 1. The van der Waals surface area contributed by atoms with Gasteiger partial charge in [0.15, 0.2) is 0 Å². The maximum Gasteiger partial charge on any atom is 0.119 e. The van der Waals surface area contributed by atoms with E-state index in [0.29, 0.717) is 11.8 Å². The highest BCUT2D eigenvalue weighted by molar-refractivity contribution is 5.48. The van der Waals surface area contributed by atoms with Gasteiger partial charge in [0.05, 0.1) is 0 Å². The Morgan fingerprint density at radius 1 is 1.50 bits per heavy atom. The Labute approximate surface area is 86.9 Å². The Hall–Kier alpha value is -0.410. The number of hydrogen-bond donors (Lipinski definition) is 1. The molecule has 0 radical (unpaired) electrons. The zero-order valence-electron chi connectivity index (χ0n) is 9.38. The lowest BCUT2D eigenvalue weighted by atomic mass is 9.87. The molecule has 0 saturated carbocycles. The number of carbonyl (C=O) groups is 1. The van der Waals surface area contributed by atoms with Crippen LogP contribution >= 0.6 is 0 Å². The van der Waals surface area contributed by atoms with Crippen LogP contribution in [0.5, 0.6) is 0 Å². The minimum atomic E-state index is 0.639. The predicted molar refractivity (Wildman–Crippen MR) is 58.4 cm³/mol. The van der Waals surface area contributed by atoms with Gasteiger partial charge in [0, 0.05) is 19.5 Å². The van der Waals surface area contributed by atoms with E-state index in [4.69, 9.17) is 0 Å². The molecular weight excluding hydrogens is 176 g/mol. The smallest absolute Gasteiger partial charge is 0.119 e. The number of carbonyl (C=O) groups excluding carboxylic acids is 1. The van der Waals surface area contributed by atoms with E-state index in [-0.39, 0.29) is 0 Å². The molecule has 1 unspecified atom stereocenters. The van der Waals surface area contributed by atoms with Crippen LogP contribution in [0, 0.1) is 5.41 Å². The van der Waals surface area contributed by atoms with Gasteiger partial charge in [-0.1, -0.05) is 6.92 Å². The summed E-state index contributed by atoms with van der Waals surface area (Å²) in [5.74, 6) is 0. The van der Waals surface area contributed by atoms with E-state index < -0.39 is 0 Å². The van der Waals surface area contributed by atoms with Gasteiger partial charge in [-0.3, -0.25) is 0 Å². The number of aldehydes is 1. The summed E-state index contributed by atoms with van der Waals surface area (Å²) in [7, 11) is 2.23. The summed E-state index contributed by atoms with van der Waals surface area (Å²) >= 11 is 0. The second-order valence-electron chi connectivity index (χ2n) is 4.49. The third-order valence-electron chi connectivity index (χ3n) is 3.13. The molecule has 2 heterocycles. The van der Waals surface area contributed by atoms with Gasteiger partial charge in [0.1, 0.15) is 6.29 Å². The molecule has 0 aromatic heterocycles. The van der Waals surface area contributed by atoms with Gasteiger partial charge in [0.2, 0.25) is 0 Å². The molecule has 0 aliphatic carbocycles. The number of rotatable bonds is 1. The fraction of sp³-hybridized carbons (Fsp3) is 0.909. The molecule has 3 heteroatoms. The van der Waals surface area contributed by atoms with Gasteiger partial charge in [-0.25, -0.2) is 0 Å². The van der Waals surface area contributed by atoms with Crippen LogP contribution < -0.4 is 5.32 Å². The molecule has 3 nitrogen and oxygen atoms in total. The second kappa shape index (κ2) is 5.47. The lowest BCUT2D eigenvalue weighted by molar-refractivity contribution is -0.107. The zero-order chi connectivity index (χ0) is 10.4. The Morgan fingerprint density at radius 2 is 2.21 bits per heavy atom. The average molecular weight is 198 g/mol. The molecule has 0 aromatic rings. The molecule has 1 atom stereocenters. The van der Waals surface area contributed by atoms with E-state index in [9.17, 15) is 4.79 Å². The van der Waals surface area contributed by atoms with Crippen molar-refractivity contribution in [3.05, 3.63) is 0 Å². The second-order valence-corrected chi connectivity index (χ2v) is 4.49. The Bertz CT molecular complexity index is 176. The van der Waals surface area contributed by atoms with Gasteiger partial charge in [-0.15, -0.1) is 0 Å². The fourth-order valence-electron chi connectivity index (χ4n) is 2.30. The van der Waals surface area contributed by atoms with Gasteiger partial charge in [-0.05, 0) is 38.4 Å². The molecule has 2 aliphatic heterocycles. The first-order chi connectivity index (χ1) is 6.72. The van der Waals surface area contributed by atoms with E-state index in [0.717, 1.165) is 6.29 Å². The van der Waals surface area contributed by atoms with Crippen LogP contribution in [-0.4, -0.2) is 44.4 Å². The zero-order valence-corrected chi connectivity index (χ0v) is 9.38. The van der Waals surface area contributed by atoms with Crippen molar-refractivity contribution >= 4 is 6.29 Å². The van der Waals surface area contributed by atoms with E-state index in [2.05, 4.69) is 17.3 Å². The molecule has 2 aliphatic rings. The molecule has 0 amide bonds. The number of hydrogen-bond acceptors (Lipinski definition) is 3. The van der Waals surface area contributed by atoms with Crippen LogP contribution in [0.15, 0.2) is 0 Å². The van der Waals surface area contributed by atoms with Crippen molar-refractivity contribution in [3.8, 4) is 0 Å². The summed E-state index contributed by atoms with van der Waals surface area (Å²) in [6.45, 7) is 6.94. The van der Waals surface area contributed by atoms with Crippen LogP contribution in [0.3, 0.4) is 0 Å². The SMILES string of the molecule is CCC=O.CN1CCC2(CCNC2)C1. The maximum absolute atomic E-state index is 9.17. The van der Waals surface area contributed by atoms with Crippen molar-refractivity contribution in [1.29, 1.82) is 0 Å². The first-order valence-corrected chi connectivity index (χ1v) is 5.55. The topological polar surface area (TPSA) is 32.3 Å². The molecule has 0 bridgehead atoms. The molecule has 82 valence electrons. The lowest BCUT2D eigenvalue weighted by Gasteiger charge is -2.20. The summed E-state index contributed by atoms with van der Waals surface area (Å²) < 4.78 is 0. The number of nitrogens with one attached hydrogen (secondary N) is 1. The molecule has 2 fully saturated rings. The van der Waals surface area contributed by atoms with E-state index >= 15 is 0 Å². The molecule has 14 heavy (non-hydrogen) atoms. The summed E-state index contributed by atoms with van der Waals surface area (Å²) in [5, 5.41) is 3.45. The van der Waals surface area contributed by atoms with Gasteiger partial charge < -0.3 is 15.0 Å². The van der Waals surface area contributed by atoms with Crippen LogP contribution in [0.1, 0.15) is 26.2 Å². The average Bonchev–Trinajstić information content (AvgIpc) is 2.78. The largest absolute Gasteiger partial charge is 0.316 e. The monoisotopic (exact) mass is 198 g/mol. The molecular formula is C11H22N2O. The van der Waals surface area contributed by atoms with Crippen LogP contribution in [-0.2, 0) is 4.79 Å². The summed E-state index contributed by atoms with van der Waals surface area (Å²) in [6, 6.07) is 0. The quantitative estimate of drug-likeness (QED) is 0.635. The molecule has 1 N–H and O–H groups in total. The van der Waals surface area contributed by atoms with Gasteiger partial charge in [0.25, 0.3) is 0 Å². The highest BCUT2D eigenvalue weighted by Crippen LogP contribution is 2.34. The van der Waals surface area contributed by atoms with Gasteiger partial charge >= 0.3 is 0 Å².